The summed E-state index contributed by atoms with van der Waals surface area (Å²) < 4.78 is 68.4. The molecule has 0 aliphatic carbocycles. The Morgan fingerprint density at radius 1 is 0.282 bits per heavy atom. The van der Waals surface area contributed by atoms with Gasteiger partial charge in [0.1, 0.15) is 0 Å². The fourth-order valence-corrected chi connectivity index (χ4v) is 66.6. The molecule has 0 radical (unpaired) electrons. The third-order valence-electron chi connectivity index (χ3n) is 10.1. The van der Waals surface area contributed by atoms with Crippen LogP contribution in [0, 0.1) is 35.6 Å². The molecule has 30 heteroatoms. The van der Waals surface area contributed by atoms with E-state index < -0.39 is 101 Å². The van der Waals surface area contributed by atoms with E-state index in [9.17, 15) is 0 Å². The van der Waals surface area contributed by atoms with Crippen molar-refractivity contribution in [3.05, 3.63) is 35.6 Å². The summed E-state index contributed by atoms with van der Waals surface area (Å²) in [5.41, 5.74) is 0. The standard InChI is InChI=1S/C20H54O5Si6.C15H38O4Si3.C10H28O2Si3.5C3H8.2C3H7.C2H5O.C2H6.CH4.2CH3.6Rf/c1-15-21-17-16-18-27(5,6)23-31(13,14)25-29(9,10)20-19-28(7,8)24-30(11,12)22-26(2,3)4;1-9-17-13-11-15-21(5,6)19-22(7,8)18-20(3,4)14-10-12-16-2;1-9-10-14(5,6)12-15(7,8)11-13(2,3)4;7*1-3-2;1-2-3;1-2;;;;;;;;;/h15-20H2,1-14H3;9-15H2,1-8H3;9-10H2,1-8H3;5*3H2,1-2H3;2*1,3H2,2H3;3H,1-2H2;1-2H3;1H4;2*1H3;;;;;;/q;;;;;;;;3*-1;;;2*-1;;;;;;. The summed E-state index contributed by atoms with van der Waals surface area (Å²) in [5, 5.41) is 7.46. The van der Waals surface area contributed by atoms with Crippen LogP contribution < -0.4 is 0 Å². The summed E-state index contributed by atoms with van der Waals surface area (Å²) in [6, 6.07) is 6.87. The molecule has 0 saturated carbocycles. The average Bonchev–Trinajstić information content (AvgIpc) is 0.849. The molecule has 0 bridgehead atoms. The molecule has 0 aliphatic heterocycles. The van der Waals surface area contributed by atoms with Crippen LogP contribution in [0.1, 0.15) is 196 Å². The smallest absolute Gasteiger partial charge is 0.311 e. The van der Waals surface area contributed by atoms with Gasteiger partial charge >= 0.3 is 34.2 Å². The average molecular weight is 3200 g/mol. The van der Waals surface area contributed by atoms with Crippen LogP contribution >= 0.6 is 0 Å². The first-order chi connectivity index (χ1) is 42.4. The molecular formula is C73H195O12Rf6Si12-5. The molecule has 0 aromatic heterocycles. The van der Waals surface area contributed by atoms with Gasteiger partial charge < -0.3 is 87.9 Å². The fraction of sp³-hybridized carbons (Fsp3) is 0.932. The molecule has 0 heterocycles. The largest absolute Gasteiger partial charge is 0.437 e. The number of methoxy groups -OCH3 is 1. The third-order valence-corrected chi connectivity index (χ3v) is 53.8. The summed E-state index contributed by atoms with van der Waals surface area (Å²) in [7, 11) is -19.7. The summed E-state index contributed by atoms with van der Waals surface area (Å²) >= 11 is 0. The normalized spacial score (nSPS) is 11.0. The second-order valence-electron chi connectivity index (χ2n) is 30.9. The van der Waals surface area contributed by atoms with Crippen molar-refractivity contribution in [2.45, 2.75) is 402 Å². The van der Waals surface area contributed by atoms with Gasteiger partial charge in [-0.2, -0.15) is 12.8 Å². The molecule has 0 amide bonds. The molecule has 0 spiro atoms. The number of rotatable bonds is 35. The Kier molecular flexibility index (Phi) is 135. The van der Waals surface area contributed by atoms with E-state index in [1.54, 1.807) is 7.11 Å². The van der Waals surface area contributed by atoms with Gasteiger partial charge in [0.05, 0.1) is 0 Å². The van der Waals surface area contributed by atoms with Gasteiger partial charge in [0.25, 0.3) is 0 Å². The number of hydrogen-bond donors (Lipinski definition) is 1. The minimum Gasteiger partial charge on any atom is -0.437 e. The van der Waals surface area contributed by atoms with E-state index in [4.69, 9.17) is 52.2 Å². The molecule has 0 aliphatic rings. The molecule has 12 nitrogen and oxygen atoms in total. The Morgan fingerprint density at radius 2 is 0.427 bits per heavy atom. The maximum Gasteiger partial charge on any atom is 0.311 e. The van der Waals surface area contributed by atoms with E-state index >= 15 is 0 Å². The monoisotopic (exact) mass is 3200 g/mol. The predicted molar refractivity (Wildman–Crippen MR) is 483 cm³/mol. The first-order valence-electron chi connectivity index (χ1n) is 37.7. The van der Waals surface area contributed by atoms with Crippen molar-refractivity contribution in [1.82, 2.24) is 0 Å². The quantitative estimate of drug-likeness (QED) is 0.0369. The van der Waals surface area contributed by atoms with Gasteiger partial charge in [0, 0.05) is 40.1 Å². The Hall–Kier alpha value is -3.88. The van der Waals surface area contributed by atoms with Crippen LogP contribution in [0.25, 0.3) is 0 Å². The number of hydrogen-bond acceptors (Lipinski definition) is 12. The summed E-state index contributed by atoms with van der Waals surface area (Å²) in [5.74, 6) is 0. The molecule has 1 N–H and O–H groups in total. The zero-order valence-electron chi connectivity index (χ0n) is 79.6. The maximum absolute atomic E-state index is 7.46. The van der Waals surface area contributed by atoms with Gasteiger partial charge in [-0.25, -0.2) is 0 Å². The molecule has 0 atom stereocenters. The van der Waals surface area contributed by atoms with Crippen molar-refractivity contribution in [1.29, 1.82) is 0 Å². The zero-order valence-corrected chi connectivity index (χ0v) is 130. The van der Waals surface area contributed by atoms with Crippen LogP contribution in [0.4, 0.5) is 0 Å². The minimum atomic E-state index is -2.17. The third kappa shape index (κ3) is 161. The molecular weight excluding hydrogens is 3010 g/mol. The van der Waals surface area contributed by atoms with Crippen LogP contribution in [0.5, 0.6) is 0 Å². The number of ether oxygens (including phenoxy) is 3. The Morgan fingerprint density at radius 3 is 0.573 bits per heavy atom. The van der Waals surface area contributed by atoms with Crippen LogP contribution in [0.3, 0.4) is 0 Å². The Labute approximate surface area is 633 Å². The van der Waals surface area contributed by atoms with Crippen LogP contribution in [0.2, 0.25) is 206 Å². The Balaban J connectivity index is -0.0000000434. The second kappa shape index (κ2) is 88.7. The molecule has 0 rings (SSSR count). The van der Waals surface area contributed by atoms with Crippen molar-refractivity contribution in [3.63, 3.8) is 0 Å². The van der Waals surface area contributed by atoms with Gasteiger partial charge in [0.15, 0.2) is 66.5 Å². The van der Waals surface area contributed by atoms with Crippen molar-refractivity contribution < 1.29 is 52.2 Å². The van der Waals surface area contributed by atoms with E-state index in [0.29, 0.717) is 0 Å². The van der Waals surface area contributed by atoms with Gasteiger partial charge in [-0.05, 0) is 240 Å². The summed E-state index contributed by atoms with van der Waals surface area (Å²) in [4.78, 5) is 0. The van der Waals surface area contributed by atoms with E-state index in [1.807, 2.05) is 41.5 Å². The predicted octanol–water partition coefficient (Wildman–Crippen LogP) is 28.0. The summed E-state index contributed by atoms with van der Waals surface area (Å²) in [6.45, 7) is 109. The zero-order chi connectivity index (χ0) is 78.0. The second-order valence-corrected chi connectivity index (χ2v) is 81.2. The molecule has 0 fully saturated rings. The SMILES string of the molecule is C.CC.CCC.CCC.CCC.CCC.CCC.CCC[Si](C)(C)O[Si](C)(C)O[Si](C)(C)C.CCOCCC[Si](C)(C)O[Si](C)(C)O[Si](C)(C)CCCOC.CCOCCC[Si](C)(C)O[Si](C)(C)O[Si](C)(C)CC[Si](C)(C)O[Si](C)(C)O[Si](C)(C)C.[CH2-]CC.[CH2-]CC.[CH2-]CO.[CH3-].[CH3-].[Rf].[Rf].[Rf].[Rf].[Rf].[Rf]. The minimum absolute atomic E-state index is 0. The van der Waals surface area contributed by atoms with E-state index in [2.05, 4.69) is 267 Å². The number of aliphatic hydroxyl groups excluding tert-OH is 1. The van der Waals surface area contributed by atoms with Crippen molar-refractivity contribution in [2.75, 3.05) is 46.8 Å². The number of aliphatic hydroxyl groups is 1. The molecule has 0 unspecified atom stereocenters. The van der Waals surface area contributed by atoms with Gasteiger partial charge in [-0.1, -0.05) is 156 Å². The molecule has 0 aromatic carbocycles. The Bertz CT molecular complexity index is 1480. The molecule has 103 heavy (non-hydrogen) atoms. The van der Waals surface area contributed by atoms with Crippen LogP contribution in [0.15, 0.2) is 0 Å². The van der Waals surface area contributed by atoms with E-state index in [0.717, 1.165) is 95.4 Å². The van der Waals surface area contributed by atoms with Gasteiger partial charge in [0.2, 0.25) is 0 Å². The molecule has 0 aromatic rings. The van der Waals surface area contributed by atoms with Gasteiger partial charge in [-0.15, -0.1) is 0 Å². The topological polar surface area (TPSA) is 122 Å². The van der Waals surface area contributed by atoms with E-state index in [1.165, 1.54) is 44.6 Å². The van der Waals surface area contributed by atoms with Crippen LogP contribution in [-0.4, -0.2) is 153 Å². The van der Waals surface area contributed by atoms with Crippen molar-refractivity contribution >= 4 is 101 Å². The first kappa shape index (κ1) is 156. The molecule has 0 saturated heterocycles. The van der Waals surface area contributed by atoms with Crippen molar-refractivity contribution in [3.8, 4) is 0 Å². The van der Waals surface area contributed by atoms with Crippen LogP contribution in [-0.2, 0) is 47.1 Å². The van der Waals surface area contributed by atoms with Crippen molar-refractivity contribution in [2.24, 2.45) is 0 Å². The first-order valence-corrected chi connectivity index (χ1v) is 74.4. The summed E-state index contributed by atoms with van der Waals surface area (Å²) in [6.07, 6.45) is 12.7. The maximum atomic E-state index is 7.46. The van der Waals surface area contributed by atoms with Gasteiger partial charge in [-0.3, -0.25) is 0 Å². The molecule has 624 valence electrons. The fourth-order valence-electron chi connectivity index (χ4n) is 9.19. The van der Waals surface area contributed by atoms with E-state index in [-0.39, 0.29) is 28.9 Å².